The molecule has 1 fully saturated rings. The van der Waals surface area contributed by atoms with E-state index in [1.807, 2.05) is 20.8 Å². The fraction of sp³-hybridized carbons (Fsp3) is 0.917. The average Bonchev–Trinajstić information content (AvgIpc) is 2.40. The van der Waals surface area contributed by atoms with Crippen LogP contribution in [0.3, 0.4) is 0 Å². The lowest BCUT2D eigenvalue weighted by atomic mass is 10.00. The summed E-state index contributed by atoms with van der Waals surface area (Å²) in [6.07, 6.45) is 0.435. The Hall–Kier alpha value is -0.610. The van der Waals surface area contributed by atoms with Crippen LogP contribution in [0.4, 0.5) is 0 Å². The van der Waals surface area contributed by atoms with Gasteiger partial charge in [0.25, 0.3) is 0 Å². The molecule has 16 heavy (non-hydrogen) atoms. The average molecular weight is 229 g/mol. The molecular formula is C12H23NO3. The molecule has 1 aliphatic rings. The summed E-state index contributed by atoms with van der Waals surface area (Å²) in [5.74, 6) is 0.262. The van der Waals surface area contributed by atoms with Gasteiger partial charge >= 0.3 is 5.97 Å². The zero-order valence-corrected chi connectivity index (χ0v) is 10.9. The lowest BCUT2D eigenvalue weighted by Gasteiger charge is -2.18. The summed E-state index contributed by atoms with van der Waals surface area (Å²) in [6.45, 7) is 10.3. The third kappa shape index (κ3) is 3.46. The van der Waals surface area contributed by atoms with Gasteiger partial charge in [0.1, 0.15) is 5.72 Å². The molecule has 0 aromatic heterocycles. The molecule has 1 N–H and O–H groups in total. The topological polar surface area (TPSA) is 47.6 Å². The van der Waals surface area contributed by atoms with Crippen molar-refractivity contribution in [1.82, 2.24) is 5.32 Å². The first-order valence-corrected chi connectivity index (χ1v) is 5.98. The van der Waals surface area contributed by atoms with Crippen molar-refractivity contribution in [2.75, 3.05) is 6.61 Å². The summed E-state index contributed by atoms with van der Waals surface area (Å²) >= 11 is 0. The van der Waals surface area contributed by atoms with Gasteiger partial charge in [0.05, 0.1) is 6.61 Å². The number of carbonyl (C=O) groups excluding carboxylic acids is 1. The lowest BCUT2D eigenvalue weighted by Crippen LogP contribution is -2.41. The van der Waals surface area contributed by atoms with Gasteiger partial charge < -0.3 is 9.47 Å². The molecule has 1 heterocycles. The van der Waals surface area contributed by atoms with Gasteiger partial charge in [0, 0.05) is 6.04 Å². The van der Waals surface area contributed by atoms with Gasteiger partial charge in [0.15, 0.2) is 6.10 Å². The van der Waals surface area contributed by atoms with Crippen molar-refractivity contribution in [3.63, 3.8) is 0 Å². The Kier molecular flexibility index (Phi) is 4.33. The molecule has 0 radical (unpaired) electrons. The van der Waals surface area contributed by atoms with Crippen LogP contribution < -0.4 is 5.32 Å². The number of hydrogen-bond acceptors (Lipinski definition) is 4. The van der Waals surface area contributed by atoms with Gasteiger partial charge in [-0.2, -0.15) is 0 Å². The van der Waals surface area contributed by atoms with Crippen LogP contribution in [0, 0.1) is 5.92 Å². The van der Waals surface area contributed by atoms with Crippen molar-refractivity contribution >= 4 is 5.97 Å². The number of esters is 1. The molecule has 0 spiro atoms. The highest BCUT2D eigenvalue weighted by molar-refractivity contribution is 5.76. The summed E-state index contributed by atoms with van der Waals surface area (Å²) in [7, 11) is 0. The van der Waals surface area contributed by atoms with Gasteiger partial charge in [0.2, 0.25) is 0 Å². The van der Waals surface area contributed by atoms with Crippen molar-refractivity contribution < 1.29 is 14.3 Å². The fourth-order valence-electron chi connectivity index (χ4n) is 2.08. The monoisotopic (exact) mass is 229 g/mol. The Morgan fingerprint density at radius 3 is 2.62 bits per heavy atom. The fourth-order valence-corrected chi connectivity index (χ4v) is 2.08. The van der Waals surface area contributed by atoms with E-state index in [-0.39, 0.29) is 12.0 Å². The molecule has 0 unspecified atom stereocenters. The van der Waals surface area contributed by atoms with E-state index in [1.54, 1.807) is 0 Å². The zero-order chi connectivity index (χ0) is 12.3. The Labute approximate surface area is 97.7 Å². The lowest BCUT2D eigenvalue weighted by molar-refractivity contribution is -0.159. The SMILES string of the molecule is CCOC(=O)[C@@H]1OC(C)(C)N[C@H]1CC(C)C. The Bertz CT molecular complexity index is 251. The van der Waals surface area contributed by atoms with Gasteiger partial charge in [-0.25, -0.2) is 4.79 Å². The number of rotatable bonds is 4. The molecule has 2 atom stereocenters. The van der Waals surface area contributed by atoms with E-state index in [2.05, 4.69) is 19.2 Å². The van der Waals surface area contributed by atoms with Gasteiger partial charge in [-0.3, -0.25) is 5.32 Å². The first-order chi connectivity index (χ1) is 7.35. The van der Waals surface area contributed by atoms with Crippen LogP contribution in [0.1, 0.15) is 41.0 Å². The van der Waals surface area contributed by atoms with E-state index in [4.69, 9.17) is 9.47 Å². The smallest absolute Gasteiger partial charge is 0.336 e. The second kappa shape index (κ2) is 5.15. The first kappa shape index (κ1) is 13.5. The van der Waals surface area contributed by atoms with Gasteiger partial charge in [-0.05, 0) is 33.1 Å². The predicted molar refractivity (Wildman–Crippen MR) is 62.0 cm³/mol. The molecular weight excluding hydrogens is 206 g/mol. The van der Waals surface area contributed by atoms with E-state index in [0.29, 0.717) is 12.5 Å². The van der Waals surface area contributed by atoms with Crippen LogP contribution in [0.15, 0.2) is 0 Å². The molecule has 94 valence electrons. The maximum absolute atomic E-state index is 11.7. The van der Waals surface area contributed by atoms with E-state index < -0.39 is 11.8 Å². The van der Waals surface area contributed by atoms with Crippen LogP contribution in [0.2, 0.25) is 0 Å². The summed E-state index contributed by atoms with van der Waals surface area (Å²) in [6, 6.07) is 0.0500. The summed E-state index contributed by atoms with van der Waals surface area (Å²) in [5, 5.41) is 3.33. The maximum atomic E-state index is 11.7. The highest BCUT2D eigenvalue weighted by atomic mass is 16.6. The maximum Gasteiger partial charge on any atom is 0.336 e. The highest BCUT2D eigenvalue weighted by Gasteiger charge is 2.44. The number of nitrogens with one attached hydrogen (secondary N) is 1. The minimum absolute atomic E-state index is 0.0500. The Morgan fingerprint density at radius 2 is 2.12 bits per heavy atom. The van der Waals surface area contributed by atoms with Crippen LogP contribution in [0.25, 0.3) is 0 Å². The number of ether oxygens (including phenoxy) is 2. The van der Waals surface area contributed by atoms with E-state index in [0.717, 1.165) is 6.42 Å². The molecule has 1 saturated heterocycles. The third-order valence-corrected chi connectivity index (χ3v) is 2.56. The van der Waals surface area contributed by atoms with E-state index in [1.165, 1.54) is 0 Å². The molecule has 0 bridgehead atoms. The molecule has 1 rings (SSSR count). The second-order valence-corrected chi connectivity index (χ2v) is 5.18. The summed E-state index contributed by atoms with van der Waals surface area (Å²) in [5.41, 5.74) is -0.447. The van der Waals surface area contributed by atoms with Crippen molar-refractivity contribution in [3.05, 3.63) is 0 Å². The molecule has 4 nitrogen and oxygen atoms in total. The highest BCUT2D eigenvalue weighted by Crippen LogP contribution is 2.26. The molecule has 1 aliphatic heterocycles. The van der Waals surface area contributed by atoms with Crippen LogP contribution >= 0.6 is 0 Å². The normalized spacial score (nSPS) is 28.4. The molecule has 0 saturated carbocycles. The van der Waals surface area contributed by atoms with Crippen molar-refractivity contribution in [2.45, 2.75) is 58.9 Å². The molecule has 0 amide bonds. The van der Waals surface area contributed by atoms with Crippen molar-refractivity contribution in [1.29, 1.82) is 0 Å². The third-order valence-electron chi connectivity index (χ3n) is 2.56. The molecule has 0 aliphatic carbocycles. The van der Waals surface area contributed by atoms with Crippen LogP contribution in [0.5, 0.6) is 0 Å². The summed E-state index contributed by atoms with van der Waals surface area (Å²) in [4.78, 5) is 11.7. The van der Waals surface area contributed by atoms with E-state index >= 15 is 0 Å². The largest absolute Gasteiger partial charge is 0.464 e. The van der Waals surface area contributed by atoms with Crippen molar-refractivity contribution in [3.8, 4) is 0 Å². The second-order valence-electron chi connectivity index (χ2n) is 5.18. The standard InChI is InChI=1S/C12H23NO3/c1-6-15-11(14)10-9(7-8(2)3)13-12(4,5)16-10/h8-10,13H,6-7H2,1-5H3/t9-,10+/m0/s1. The Morgan fingerprint density at radius 1 is 1.50 bits per heavy atom. The molecule has 0 aromatic rings. The first-order valence-electron chi connectivity index (χ1n) is 5.98. The minimum atomic E-state index is -0.475. The van der Waals surface area contributed by atoms with Gasteiger partial charge in [-0.1, -0.05) is 13.8 Å². The quantitative estimate of drug-likeness (QED) is 0.745. The minimum Gasteiger partial charge on any atom is -0.464 e. The van der Waals surface area contributed by atoms with Crippen molar-refractivity contribution in [2.24, 2.45) is 5.92 Å². The zero-order valence-electron chi connectivity index (χ0n) is 10.9. The van der Waals surface area contributed by atoms with Crippen LogP contribution in [-0.4, -0.2) is 30.4 Å². The molecule has 0 aromatic carbocycles. The number of carbonyl (C=O) groups is 1. The van der Waals surface area contributed by atoms with Crippen LogP contribution in [-0.2, 0) is 14.3 Å². The summed E-state index contributed by atoms with van der Waals surface area (Å²) < 4.78 is 10.7. The van der Waals surface area contributed by atoms with E-state index in [9.17, 15) is 4.79 Å². The molecule has 4 heteroatoms. The van der Waals surface area contributed by atoms with Gasteiger partial charge in [-0.15, -0.1) is 0 Å². The number of hydrogen-bond donors (Lipinski definition) is 1. The Balaban J connectivity index is 2.68. The predicted octanol–water partition coefficient (Wildman–Crippen LogP) is 1.69.